The molecule has 0 spiro atoms. The van der Waals surface area contributed by atoms with Crippen LogP contribution in [0.3, 0.4) is 0 Å². The van der Waals surface area contributed by atoms with Gasteiger partial charge in [0.05, 0.1) is 11.4 Å². The molecule has 0 atom stereocenters. The lowest BCUT2D eigenvalue weighted by atomic mass is 9.93. The first-order valence-corrected chi connectivity index (χ1v) is 13.4. The number of hydrogen-bond acceptors (Lipinski definition) is 4. The molecular weight excluding hydrogens is 565 g/mol. The number of benzene rings is 3. The van der Waals surface area contributed by atoms with Gasteiger partial charge in [0.1, 0.15) is 23.1 Å². The predicted octanol–water partition coefficient (Wildman–Crippen LogP) is 6.43. The lowest BCUT2D eigenvalue weighted by molar-refractivity contribution is -0.113. The van der Waals surface area contributed by atoms with E-state index < -0.39 is 38.3 Å². The van der Waals surface area contributed by atoms with Crippen molar-refractivity contribution < 1.29 is 31.2 Å². The molecule has 0 saturated carbocycles. The first kappa shape index (κ1) is 28.8. The third kappa shape index (κ3) is 5.45. The van der Waals surface area contributed by atoms with Crippen LogP contribution in [0.2, 0.25) is 5.02 Å². The van der Waals surface area contributed by atoms with E-state index in [-0.39, 0.29) is 53.6 Å². The highest BCUT2D eigenvalue weighted by Gasteiger charge is 2.31. The SMILES string of the molecule is C.O=C1CC=CC=C1c1c(C(=O)NS(=O)(=O)c2cccc(F)c2)n(Cc2cc(F)ccc2F)c2ccc(Cl)cc12. The van der Waals surface area contributed by atoms with Crippen LogP contribution in [0, 0.1) is 17.5 Å². The minimum Gasteiger partial charge on any atom is -0.331 e. The van der Waals surface area contributed by atoms with Crippen molar-refractivity contribution in [3.63, 3.8) is 0 Å². The highest BCUT2D eigenvalue weighted by atomic mass is 35.5. The molecule has 1 aromatic heterocycles. The van der Waals surface area contributed by atoms with Crippen molar-refractivity contribution in [2.24, 2.45) is 0 Å². The number of fused-ring (bicyclic) bond motifs is 1. The zero-order chi connectivity index (χ0) is 27.9. The maximum atomic E-state index is 14.7. The van der Waals surface area contributed by atoms with E-state index in [1.54, 1.807) is 12.2 Å². The van der Waals surface area contributed by atoms with Crippen LogP contribution < -0.4 is 4.72 Å². The van der Waals surface area contributed by atoms with Crippen LogP contribution in [0.5, 0.6) is 0 Å². The van der Waals surface area contributed by atoms with Gasteiger partial charge in [0.15, 0.2) is 5.78 Å². The molecular formula is C29H22ClF3N2O4S. The molecule has 5 rings (SSSR count). The number of rotatable bonds is 6. The van der Waals surface area contributed by atoms with Gasteiger partial charge in [0.25, 0.3) is 15.9 Å². The number of aromatic nitrogens is 1. The molecule has 1 heterocycles. The van der Waals surface area contributed by atoms with Gasteiger partial charge in [-0.2, -0.15) is 0 Å². The minimum atomic E-state index is -4.57. The first-order valence-electron chi connectivity index (χ1n) is 11.5. The molecule has 3 aromatic carbocycles. The Balaban J connectivity index is 0.00000370. The zero-order valence-electron chi connectivity index (χ0n) is 19.9. The number of Topliss-reactive ketones (excluding diaryl/α,β-unsaturated/α-hetero) is 1. The Labute approximate surface area is 233 Å². The van der Waals surface area contributed by atoms with Crippen molar-refractivity contribution in [1.82, 2.24) is 9.29 Å². The Kier molecular flexibility index (Phi) is 8.04. The number of carbonyl (C=O) groups is 2. The van der Waals surface area contributed by atoms with Crippen LogP contribution in [0.4, 0.5) is 13.2 Å². The highest BCUT2D eigenvalue weighted by Crippen LogP contribution is 2.36. The van der Waals surface area contributed by atoms with Crippen LogP contribution in [0.25, 0.3) is 16.5 Å². The number of hydrogen-bond donors (Lipinski definition) is 1. The highest BCUT2D eigenvalue weighted by molar-refractivity contribution is 7.90. The summed E-state index contributed by atoms with van der Waals surface area (Å²) in [6.07, 6.45) is 4.74. The normalized spacial score (nSPS) is 13.2. The van der Waals surface area contributed by atoms with Crippen molar-refractivity contribution >= 4 is 49.8 Å². The van der Waals surface area contributed by atoms with Crippen molar-refractivity contribution in [3.05, 3.63) is 118 Å². The van der Waals surface area contributed by atoms with Crippen LogP contribution in [0.15, 0.2) is 83.8 Å². The topological polar surface area (TPSA) is 85.2 Å². The van der Waals surface area contributed by atoms with Gasteiger partial charge < -0.3 is 4.57 Å². The summed E-state index contributed by atoms with van der Waals surface area (Å²) in [4.78, 5) is 26.2. The summed E-state index contributed by atoms with van der Waals surface area (Å²) in [5.41, 5.74) is 0.0712. The van der Waals surface area contributed by atoms with Crippen LogP contribution in [-0.4, -0.2) is 24.7 Å². The molecule has 0 unspecified atom stereocenters. The summed E-state index contributed by atoms with van der Waals surface area (Å²) >= 11 is 6.25. The standard InChI is InChI=1S/C28H18ClF3N2O4S.CH4/c29-17-8-11-24-22(13-17)26(21-6-1-2-7-25(21)35)27(34(24)15-16-12-19(31)9-10-23(16)32)28(36)33-39(37,38)20-5-3-4-18(30)14-20;/h1-6,8-14H,7,15H2,(H,33,36);1H4. The lowest BCUT2D eigenvalue weighted by Crippen LogP contribution is -2.33. The third-order valence-electron chi connectivity index (χ3n) is 6.18. The second kappa shape index (κ2) is 11.1. The molecule has 4 aromatic rings. The van der Waals surface area contributed by atoms with E-state index in [2.05, 4.69) is 0 Å². The quantitative estimate of drug-likeness (QED) is 0.282. The summed E-state index contributed by atoms with van der Waals surface area (Å²) in [5.74, 6) is -3.83. The van der Waals surface area contributed by atoms with Gasteiger partial charge in [-0.05, 0) is 54.6 Å². The first-order chi connectivity index (χ1) is 18.5. The van der Waals surface area contributed by atoms with Gasteiger partial charge >= 0.3 is 0 Å². The van der Waals surface area contributed by atoms with Gasteiger partial charge in [-0.25, -0.2) is 26.3 Å². The van der Waals surface area contributed by atoms with E-state index >= 15 is 0 Å². The van der Waals surface area contributed by atoms with Gasteiger partial charge in [0, 0.05) is 39.0 Å². The monoisotopic (exact) mass is 586 g/mol. The maximum Gasteiger partial charge on any atom is 0.282 e. The average Bonchev–Trinajstić information content (AvgIpc) is 3.19. The molecule has 1 N–H and O–H groups in total. The van der Waals surface area contributed by atoms with E-state index in [4.69, 9.17) is 11.6 Å². The van der Waals surface area contributed by atoms with E-state index in [9.17, 15) is 31.2 Å². The Bertz CT molecular complexity index is 1850. The summed E-state index contributed by atoms with van der Waals surface area (Å²) in [5, 5.41) is 0.582. The smallest absolute Gasteiger partial charge is 0.282 e. The van der Waals surface area contributed by atoms with Crippen LogP contribution in [0.1, 0.15) is 35.5 Å². The van der Waals surface area contributed by atoms with Gasteiger partial charge in [0.2, 0.25) is 0 Å². The van der Waals surface area contributed by atoms with Gasteiger partial charge in [-0.15, -0.1) is 0 Å². The second-order valence-electron chi connectivity index (χ2n) is 8.73. The molecule has 0 bridgehead atoms. The Hall–Kier alpha value is -4.15. The Morgan fingerprint density at radius 2 is 1.75 bits per heavy atom. The minimum absolute atomic E-state index is 0. The number of sulfonamides is 1. The van der Waals surface area contributed by atoms with E-state index in [1.165, 1.54) is 34.9 Å². The third-order valence-corrected chi connectivity index (χ3v) is 7.75. The fraction of sp³-hybridized carbons (Fsp3) is 0.103. The molecule has 0 saturated heterocycles. The summed E-state index contributed by atoms with van der Waals surface area (Å²) in [6, 6.07) is 11.4. The number of ketones is 1. The van der Waals surface area contributed by atoms with Crippen molar-refractivity contribution in [2.45, 2.75) is 25.3 Å². The van der Waals surface area contributed by atoms with Crippen LogP contribution in [-0.2, 0) is 21.4 Å². The molecule has 206 valence electrons. The Morgan fingerprint density at radius 1 is 1.00 bits per heavy atom. The summed E-state index contributed by atoms with van der Waals surface area (Å²) in [7, 11) is -4.57. The largest absolute Gasteiger partial charge is 0.331 e. The van der Waals surface area contributed by atoms with Gasteiger partial charge in [-0.3, -0.25) is 9.59 Å². The van der Waals surface area contributed by atoms with E-state index in [1.807, 2.05) is 4.72 Å². The number of amides is 1. The molecule has 1 aliphatic rings. The lowest BCUT2D eigenvalue weighted by Gasteiger charge is -2.15. The number of nitrogens with zero attached hydrogens (tertiary/aromatic N) is 1. The molecule has 0 aliphatic heterocycles. The summed E-state index contributed by atoms with van der Waals surface area (Å²) in [6.45, 7) is -0.387. The molecule has 6 nitrogen and oxygen atoms in total. The number of carbonyl (C=O) groups excluding carboxylic acids is 2. The molecule has 40 heavy (non-hydrogen) atoms. The number of nitrogens with one attached hydrogen (secondary N) is 1. The molecule has 0 fully saturated rings. The summed E-state index contributed by atoms with van der Waals surface area (Å²) < 4.78 is 71.7. The zero-order valence-corrected chi connectivity index (χ0v) is 21.5. The maximum absolute atomic E-state index is 14.7. The van der Waals surface area contributed by atoms with Crippen molar-refractivity contribution in [2.75, 3.05) is 0 Å². The van der Waals surface area contributed by atoms with Crippen LogP contribution >= 0.6 is 11.6 Å². The van der Waals surface area contributed by atoms with Gasteiger partial charge in [-0.1, -0.05) is 43.3 Å². The van der Waals surface area contributed by atoms with E-state index in [0.29, 0.717) is 10.9 Å². The van der Waals surface area contributed by atoms with Crippen molar-refractivity contribution in [3.8, 4) is 0 Å². The number of halogens is 4. The average molecular weight is 587 g/mol. The fourth-order valence-electron chi connectivity index (χ4n) is 4.46. The molecule has 11 heteroatoms. The molecule has 1 aliphatic carbocycles. The molecule has 0 radical (unpaired) electrons. The number of allylic oxidation sites excluding steroid dienone is 4. The fourth-order valence-corrected chi connectivity index (χ4v) is 5.62. The predicted molar refractivity (Wildman–Crippen MR) is 147 cm³/mol. The second-order valence-corrected chi connectivity index (χ2v) is 10.9. The van der Waals surface area contributed by atoms with E-state index in [0.717, 1.165) is 36.4 Å². The molecule has 1 amide bonds. The van der Waals surface area contributed by atoms with Crippen molar-refractivity contribution in [1.29, 1.82) is 0 Å². The Morgan fingerprint density at radius 3 is 2.48 bits per heavy atom.